The smallest absolute Gasteiger partial charge is 0.309 e. The first-order valence-electron chi connectivity index (χ1n) is 16.3. The first-order chi connectivity index (χ1) is 23.1. The first-order valence-corrected chi connectivity index (χ1v) is 16.7. The number of hydrogen-bond donors (Lipinski definition) is 1. The van der Waals surface area contributed by atoms with E-state index in [0.29, 0.717) is 35.0 Å². The summed E-state index contributed by atoms with van der Waals surface area (Å²) in [5, 5.41) is 3.43. The fourth-order valence-electron chi connectivity index (χ4n) is 7.44. The van der Waals surface area contributed by atoms with Gasteiger partial charge in [-0.3, -0.25) is 19.3 Å². The molecule has 0 bridgehead atoms. The summed E-state index contributed by atoms with van der Waals surface area (Å²) >= 11 is 7.15. The van der Waals surface area contributed by atoms with Crippen LogP contribution in [0.1, 0.15) is 36.1 Å². The zero-order chi connectivity index (χ0) is 34.3. The second-order valence-corrected chi connectivity index (χ2v) is 13.2. The molecule has 2 aromatic carbocycles. The highest BCUT2D eigenvalue weighted by Gasteiger charge is 2.61. The Kier molecular flexibility index (Phi) is 9.45. The number of allylic oxidation sites excluding steroid dienone is 2. The zero-order valence-corrected chi connectivity index (χ0v) is 28.8. The Morgan fingerprint density at radius 2 is 1.79 bits per heavy atom. The van der Waals surface area contributed by atoms with Gasteiger partial charge in [0.15, 0.2) is 0 Å². The molecule has 2 amide bonds. The Morgan fingerprint density at radius 3 is 2.46 bits per heavy atom. The number of anilines is 1. The second kappa shape index (κ2) is 13.6. The predicted octanol–water partition coefficient (Wildman–Crippen LogP) is 6.25. The summed E-state index contributed by atoms with van der Waals surface area (Å²) in [5.41, 5.74) is 6.82. The lowest BCUT2D eigenvalue weighted by molar-refractivity contribution is -0.145. The Balaban J connectivity index is 1.26. The van der Waals surface area contributed by atoms with Crippen molar-refractivity contribution in [2.24, 2.45) is 17.8 Å². The van der Waals surface area contributed by atoms with Crippen molar-refractivity contribution in [1.82, 2.24) is 14.8 Å². The van der Waals surface area contributed by atoms with E-state index in [0.717, 1.165) is 59.4 Å². The van der Waals surface area contributed by atoms with Crippen molar-refractivity contribution >= 4 is 35.1 Å². The molecule has 10 heteroatoms. The van der Waals surface area contributed by atoms with Crippen molar-refractivity contribution in [2.75, 3.05) is 46.2 Å². The number of pyridine rings is 1. The summed E-state index contributed by atoms with van der Waals surface area (Å²) < 4.78 is 11.2. The quantitative estimate of drug-likeness (QED) is 0.0896. The van der Waals surface area contributed by atoms with E-state index in [2.05, 4.69) is 22.9 Å². The number of aryl methyl sites for hydroxylation is 1. The topological polar surface area (TPSA) is 101 Å². The Hall–Kier alpha value is -4.47. The van der Waals surface area contributed by atoms with Crippen LogP contribution in [0.25, 0.3) is 22.4 Å². The van der Waals surface area contributed by atoms with Crippen LogP contribution in [0.4, 0.5) is 5.69 Å². The minimum atomic E-state index is -0.522. The molecule has 6 rings (SSSR count). The molecular weight excluding hydrogens is 628 g/mol. The van der Waals surface area contributed by atoms with Crippen molar-refractivity contribution in [2.45, 2.75) is 32.7 Å². The third-order valence-corrected chi connectivity index (χ3v) is 10.3. The zero-order valence-electron chi connectivity index (χ0n) is 28.0. The third-order valence-electron chi connectivity index (χ3n) is 9.86. The molecule has 3 aromatic rings. The second-order valence-electron chi connectivity index (χ2n) is 12.8. The number of carbonyl (C=O) groups excluding carboxylic acids is 3. The van der Waals surface area contributed by atoms with E-state index in [1.165, 1.54) is 22.6 Å². The van der Waals surface area contributed by atoms with E-state index in [4.69, 9.17) is 26.1 Å². The maximum Gasteiger partial charge on any atom is 0.309 e. The van der Waals surface area contributed by atoms with Crippen LogP contribution in [0, 0.1) is 24.7 Å². The van der Waals surface area contributed by atoms with Gasteiger partial charge in [0.05, 0.1) is 30.4 Å². The van der Waals surface area contributed by atoms with Gasteiger partial charge in [0.25, 0.3) is 11.8 Å². The van der Waals surface area contributed by atoms with Crippen LogP contribution < -0.4 is 10.1 Å². The predicted molar refractivity (Wildman–Crippen MR) is 187 cm³/mol. The van der Waals surface area contributed by atoms with Crippen LogP contribution in [0.3, 0.4) is 0 Å². The molecule has 2 fully saturated rings. The van der Waals surface area contributed by atoms with Gasteiger partial charge in [-0.25, -0.2) is 4.98 Å². The van der Waals surface area contributed by atoms with Crippen molar-refractivity contribution in [3.05, 3.63) is 88.5 Å². The van der Waals surface area contributed by atoms with Gasteiger partial charge >= 0.3 is 5.97 Å². The maximum atomic E-state index is 13.2. The molecule has 48 heavy (non-hydrogen) atoms. The Bertz CT molecular complexity index is 1820. The van der Waals surface area contributed by atoms with E-state index >= 15 is 0 Å². The van der Waals surface area contributed by atoms with Gasteiger partial charge in [-0.15, -0.1) is 0 Å². The van der Waals surface area contributed by atoms with E-state index in [9.17, 15) is 14.4 Å². The number of ether oxygens (including phenoxy) is 2. The van der Waals surface area contributed by atoms with Crippen molar-refractivity contribution in [1.29, 1.82) is 0 Å². The molecule has 9 nitrogen and oxygen atoms in total. The number of nitrogens with one attached hydrogen (secondary N) is 1. The lowest BCUT2D eigenvalue weighted by Gasteiger charge is -2.28. The number of nitrogens with zero attached hydrogens (tertiary/aromatic N) is 3. The Morgan fingerprint density at radius 1 is 1.10 bits per heavy atom. The number of carbonyl (C=O) groups is 3. The molecule has 3 atom stereocenters. The van der Waals surface area contributed by atoms with Gasteiger partial charge in [-0.05, 0) is 73.4 Å². The molecule has 2 heterocycles. The van der Waals surface area contributed by atoms with Gasteiger partial charge in [-0.2, -0.15) is 0 Å². The summed E-state index contributed by atoms with van der Waals surface area (Å²) in [6.07, 6.45) is 4.70. The number of likely N-dealkylation sites (tertiary alicyclic amines) is 1. The molecule has 1 aromatic heterocycles. The molecule has 1 saturated heterocycles. The number of hydrogen-bond acceptors (Lipinski definition) is 7. The molecule has 0 spiro atoms. The number of benzene rings is 2. The van der Waals surface area contributed by atoms with Crippen LogP contribution in [0.5, 0.6) is 5.88 Å². The number of fused-ring (bicyclic) bond motifs is 2. The molecule has 1 N–H and O–H groups in total. The SMILES string of the molecule is C=C/C=C(/C(=O)Nc1cccc(-c2cccc(-c3cc4c(c(OC)n3)C(N3CC5C(C3)C5C(=O)OCC)CC4)c2Cl)c1C)C(=O)N(C)C. The van der Waals surface area contributed by atoms with E-state index in [1.54, 1.807) is 27.3 Å². The third kappa shape index (κ3) is 6.01. The Labute approximate surface area is 286 Å². The molecular formula is C38H41ClN4O5. The lowest BCUT2D eigenvalue weighted by Crippen LogP contribution is -2.30. The highest BCUT2D eigenvalue weighted by molar-refractivity contribution is 6.36. The van der Waals surface area contributed by atoms with Crippen LogP contribution in [0.15, 0.2) is 66.8 Å². The normalized spacial score (nSPS) is 21.2. The number of esters is 1. The van der Waals surface area contributed by atoms with Crippen LogP contribution in [-0.2, 0) is 25.5 Å². The molecule has 250 valence electrons. The van der Waals surface area contributed by atoms with E-state index in [1.807, 2.05) is 44.2 Å². The summed E-state index contributed by atoms with van der Waals surface area (Å²) in [6.45, 7) is 9.59. The van der Waals surface area contributed by atoms with Gasteiger partial charge in [-0.1, -0.05) is 54.6 Å². The highest BCUT2D eigenvalue weighted by atomic mass is 35.5. The van der Waals surface area contributed by atoms with E-state index < -0.39 is 11.8 Å². The summed E-state index contributed by atoms with van der Waals surface area (Å²) in [6, 6.07) is 13.8. The fraction of sp³-hybridized carbons (Fsp3) is 0.368. The van der Waals surface area contributed by atoms with Crippen molar-refractivity contribution in [3.63, 3.8) is 0 Å². The van der Waals surface area contributed by atoms with Crippen LogP contribution in [0.2, 0.25) is 5.02 Å². The summed E-state index contributed by atoms with van der Waals surface area (Å²) in [5.74, 6) is 0.388. The molecule has 1 aliphatic heterocycles. The summed E-state index contributed by atoms with van der Waals surface area (Å²) in [4.78, 5) is 46.9. The highest BCUT2D eigenvalue weighted by Crippen LogP contribution is 2.56. The average molecular weight is 669 g/mol. The van der Waals surface area contributed by atoms with Crippen molar-refractivity contribution < 1.29 is 23.9 Å². The number of likely N-dealkylation sites (N-methyl/N-ethyl adjacent to an activating group) is 1. The monoisotopic (exact) mass is 668 g/mol. The maximum absolute atomic E-state index is 13.2. The standard InChI is InChI=1S/C38H41ClN4O5/c1-7-11-26(37(45)42(4)5)35(44)40-29-15-10-12-23(21(29)3)24-13-9-14-25(34(24)39)30-18-22-16-17-31(32(22)36(41-30)47-6)43-19-27-28(20-43)33(27)38(46)48-8-2/h7,9-15,18,27-28,31,33H,1,8,16-17,19-20H2,2-6H3,(H,40,44)/b26-11-. The minimum absolute atomic E-state index is 0.0129. The van der Waals surface area contributed by atoms with Gasteiger partial charge in [0.1, 0.15) is 5.57 Å². The molecule has 0 radical (unpaired) electrons. The number of aromatic nitrogens is 1. The van der Waals surface area contributed by atoms with Gasteiger partial charge in [0.2, 0.25) is 5.88 Å². The number of piperidine rings is 1. The van der Waals surface area contributed by atoms with Crippen molar-refractivity contribution in [3.8, 4) is 28.3 Å². The lowest BCUT2D eigenvalue weighted by atomic mass is 9.96. The molecule has 3 aliphatic rings. The number of amides is 2. The largest absolute Gasteiger partial charge is 0.481 e. The molecule has 2 aliphatic carbocycles. The molecule has 1 saturated carbocycles. The van der Waals surface area contributed by atoms with Gasteiger partial charge < -0.3 is 19.7 Å². The average Bonchev–Trinajstić information content (AvgIpc) is 3.35. The summed E-state index contributed by atoms with van der Waals surface area (Å²) in [7, 11) is 4.84. The van der Waals surface area contributed by atoms with Gasteiger partial charge in [0, 0.05) is 55.6 Å². The number of halogens is 1. The minimum Gasteiger partial charge on any atom is -0.481 e. The number of methoxy groups -OCH3 is 1. The molecule has 3 unspecified atom stereocenters. The number of rotatable bonds is 10. The van der Waals surface area contributed by atoms with E-state index in [-0.39, 0.29) is 23.5 Å². The fourth-order valence-corrected chi connectivity index (χ4v) is 7.76. The van der Waals surface area contributed by atoms with Crippen LogP contribution in [-0.4, -0.2) is 73.5 Å². The first kappa shape index (κ1) is 33.4. The van der Waals surface area contributed by atoms with Crippen LogP contribution >= 0.6 is 11.6 Å².